The Balaban J connectivity index is 3.04. The average Bonchev–Trinajstić information content (AvgIpc) is 2.29. The van der Waals surface area contributed by atoms with Gasteiger partial charge in [0, 0.05) is 25.3 Å². The predicted octanol–water partition coefficient (Wildman–Crippen LogP) is 2.19. The number of aliphatic hydroxyl groups excluding tert-OH is 1. The Labute approximate surface area is 101 Å². The van der Waals surface area contributed by atoms with Gasteiger partial charge in [-0.25, -0.2) is 0 Å². The van der Waals surface area contributed by atoms with Crippen molar-refractivity contribution in [3.8, 4) is 0 Å². The molecule has 0 bridgehead atoms. The molecule has 5 nitrogen and oxygen atoms in total. The molecule has 0 saturated heterocycles. The molecular weight excluding hydrogens is 220 g/mol. The summed E-state index contributed by atoms with van der Waals surface area (Å²) in [7, 11) is 0. The van der Waals surface area contributed by atoms with Gasteiger partial charge in [0.05, 0.1) is 4.92 Å². The third kappa shape index (κ3) is 3.42. The number of anilines is 1. The molecule has 0 fully saturated rings. The summed E-state index contributed by atoms with van der Waals surface area (Å²) in [6.45, 7) is 4.66. The van der Waals surface area contributed by atoms with Gasteiger partial charge in [-0.1, -0.05) is 12.1 Å². The molecule has 0 radical (unpaired) electrons. The van der Waals surface area contributed by atoms with Crippen LogP contribution in [0.25, 0.3) is 0 Å². The molecule has 1 aromatic rings. The standard InChI is InChI=1S/C12H18N2O3/c1-10(2)13(8-5-9-15)11-6-3-4-7-12(11)14(16)17/h3-4,6-7,10,15H,5,8-9H2,1-2H3. The van der Waals surface area contributed by atoms with Gasteiger partial charge in [0.25, 0.3) is 5.69 Å². The lowest BCUT2D eigenvalue weighted by molar-refractivity contribution is -0.384. The highest BCUT2D eigenvalue weighted by atomic mass is 16.6. The average molecular weight is 238 g/mol. The van der Waals surface area contributed by atoms with E-state index >= 15 is 0 Å². The Bertz CT molecular complexity index is 380. The molecule has 94 valence electrons. The lowest BCUT2D eigenvalue weighted by Gasteiger charge is -2.28. The zero-order valence-corrected chi connectivity index (χ0v) is 10.2. The summed E-state index contributed by atoms with van der Waals surface area (Å²) in [5.74, 6) is 0. The van der Waals surface area contributed by atoms with E-state index in [1.807, 2.05) is 18.7 Å². The zero-order valence-electron chi connectivity index (χ0n) is 10.2. The van der Waals surface area contributed by atoms with E-state index in [-0.39, 0.29) is 23.3 Å². The minimum Gasteiger partial charge on any atom is -0.396 e. The molecule has 0 amide bonds. The number of nitro benzene ring substituents is 1. The predicted molar refractivity (Wildman–Crippen MR) is 67.3 cm³/mol. The van der Waals surface area contributed by atoms with Gasteiger partial charge in [0.1, 0.15) is 5.69 Å². The summed E-state index contributed by atoms with van der Waals surface area (Å²) in [6.07, 6.45) is 0.601. The van der Waals surface area contributed by atoms with Crippen LogP contribution in [0.3, 0.4) is 0 Å². The lowest BCUT2D eigenvalue weighted by atomic mass is 10.2. The monoisotopic (exact) mass is 238 g/mol. The number of nitrogens with zero attached hydrogens (tertiary/aromatic N) is 2. The largest absolute Gasteiger partial charge is 0.396 e. The molecule has 1 aromatic carbocycles. The Morgan fingerprint density at radius 3 is 2.59 bits per heavy atom. The molecule has 5 heteroatoms. The number of para-hydroxylation sites is 2. The van der Waals surface area contributed by atoms with Gasteiger partial charge in [0.2, 0.25) is 0 Å². The fourth-order valence-electron chi connectivity index (χ4n) is 1.76. The van der Waals surface area contributed by atoms with E-state index < -0.39 is 0 Å². The van der Waals surface area contributed by atoms with Crippen molar-refractivity contribution >= 4 is 11.4 Å². The van der Waals surface area contributed by atoms with E-state index in [9.17, 15) is 10.1 Å². The number of nitro groups is 1. The first-order valence-corrected chi connectivity index (χ1v) is 5.69. The minimum absolute atomic E-state index is 0.0872. The number of hydrogen-bond donors (Lipinski definition) is 1. The second-order valence-electron chi connectivity index (χ2n) is 4.11. The Morgan fingerprint density at radius 2 is 2.06 bits per heavy atom. The third-order valence-corrected chi connectivity index (χ3v) is 2.57. The van der Waals surface area contributed by atoms with Gasteiger partial charge in [-0.3, -0.25) is 10.1 Å². The lowest BCUT2D eigenvalue weighted by Crippen LogP contribution is -2.32. The molecule has 0 aliphatic carbocycles. The molecule has 0 spiro atoms. The highest BCUT2D eigenvalue weighted by Gasteiger charge is 2.20. The van der Waals surface area contributed by atoms with Crippen molar-refractivity contribution in [3.63, 3.8) is 0 Å². The molecular formula is C12H18N2O3. The first-order chi connectivity index (χ1) is 8.07. The van der Waals surface area contributed by atoms with Crippen molar-refractivity contribution in [2.24, 2.45) is 0 Å². The van der Waals surface area contributed by atoms with E-state index in [0.717, 1.165) is 0 Å². The van der Waals surface area contributed by atoms with Crippen LogP contribution in [0, 0.1) is 10.1 Å². The fraction of sp³-hybridized carbons (Fsp3) is 0.500. The molecule has 0 saturated carbocycles. The zero-order chi connectivity index (χ0) is 12.8. The van der Waals surface area contributed by atoms with Crippen LogP contribution in [-0.2, 0) is 0 Å². The quantitative estimate of drug-likeness (QED) is 0.609. The maximum atomic E-state index is 11.0. The van der Waals surface area contributed by atoms with E-state index in [4.69, 9.17) is 5.11 Å². The summed E-state index contributed by atoms with van der Waals surface area (Å²) in [5.41, 5.74) is 0.722. The molecule has 0 unspecified atom stereocenters. The van der Waals surface area contributed by atoms with Crippen LogP contribution < -0.4 is 4.90 Å². The van der Waals surface area contributed by atoms with Crippen molar-refractivity contribution in [1.29, 1.82) is 0 Å². The van der Waals surface area contributed by atoms with Crippen molar-refractivity contribution in [2.75, 3.05) is 18.1 Å². The number of rotatable bonds is 6. The van der Waals surface area contributed by atoms with Crippen LogP contribution in [0.4, 0.5) is 11.4 Å². The van der Waals surface area contributed by atoms with Crippen molar-refractivity contribution < 1.29 is 10.0 Å². The van der Waals surface area contributed by atoms with E-state index in [1.54, 1.807) is 18.2 Å². The van der Waals surface area contributed by atoms with Gasteiger partial charge in [-0.2, -0.15) is 0 Å². The second-order valence-corrected chi connectivity index (χ2v) is 4.11. The van der Waals surface area contributed by atoms with Crippen LogP contribution in [0.5, 0.6) is 0 Å². The second kappa shape index (κ2) is 6.20. The van der Waals surface area contributed by atoms with E-state index in [1.165, 1.54) is 6.07 Å². The first kappa shape index (κ1) is 13.4. The fourth-order valence-corrected chi connectivity index (χ4v) is 1.76. The molecule has 0 atom stereocenters. The Hall–Kier alpha value is -1.62. The molecule has 0 aliphatic heterocycles. The molecule has 0 heterocycles. The third-order valence-electron chi connectivity index (χ3n) is 2.57. The van der Waals surface area contributed by atoms with E-state index in [2.05, 4.69) is 0 Å². The molecule has 0 aliphatic rings. The summed E-state index contributed by atoms with van der Waals surface area (Å²) in [5, 5.41) is 19.8. The van der Waals surface area contributed by atoms with Gasteiger partial charge in [0.15, 0.2) is 0 Å². The summed E-state index contributed by atoms with van der Waals surface area (Å²) >= 11 is 0. The Morgan fingerprint density at radius 1 is 1.41 bits per heavy atom. The van der Waals surface area contributed by atoms with Crippen molar-refractivity contribution in [3.05, 3.63) is 34.4 Å². The highest BCUT2D eigenvalue weighted by molar-refractivity contribution is 5.63. The van der Waals surface area contributed by atoms with Crippen molar-refractivity contribution in [1.82, 2.24) is 0 Å². The smallest absolute Gasteiger partial charge is 0.292 e. The molecule has 1 N–H and O–H groups in total. The van der Waals surface area contributed by atoms with Crippen LogP contribution in [-0.4, -0.2) is 29.2 Å². The van der Waals surface area contributed by atoms with Crippen LogP contribution in [0.1, 0.15) is 20.3 Å². The SMILES string of the molecule is CC(C)N(CCCO)c1ccccc1[N+](=O)[O-]. The summed E-state index contributed by atoms with van der Waals surface area (Å²) in [6, 6.07) is 6.85. The topological polar surface area (TPSA) is 66.6 Å². The van der Waals surface area contributed by atoms with Crippen LogP contribution in [0.15, 0.2) is 24.3 Å². The number of benzene rings is 1. The molecule has 1 rings (SSSR count). The summed E-state index contributed by atoms with van der Waals surface area (Å²) in [4.78, 5) is 12.5. The van der Waals surface area contributed by atoms with E-state index in [0.29, 0.717) is 18.7 Å². The van der Waals surface area contributed by atoms with Gasteiger partial charge in [-0.15, -0.1) is 0 Å². The number of hydrogen-bond acceptors (Lipinski definition) is 4. The van der Waals surface area contributed by atoms with Gasteiger partial charge >= 0.3 is 0 Å². The molecule has 0 aromatic heterocycles. The minimum atomic E-state index is -0.371. The van der Waals surface area contributed by atoms with Gasteiger partial charge < -0.3 is 10.0 Å². The molecule has 17 heavy (non-hydrogen) atoms. The van der Waals surface area contributed by atoms with Crippen LogP contribution >= 0.6 is 0 Å². The normalized spacial score (nSPS) is 10.6. The van der Waals surface area contributed by atoms with Gasteiger partial charge in [-0.05, 0) is 26.3 Å². The first-order valence-electron chi connectivity index (χ1n) is 5.69. The maximum Gasteiger partial charge on any atom is 0.292 e. The Kier molecular flexibility index (Phi) is 4.90. The number of aliphatic hydroxyl groups is 1. The highest BCUT2D eigenvalue weighted by Crippen LogP contribution is 2.29. The summed E-state index contributed by atoms with van der Waals surface area (Å²) < 4.78 is 0. The van der Waals surface area contributed by atoms with Crippen LogP contribution in [0.2, 0.25) is 0 Å². The van der Waals surface area contributed by atoms with Crippen molar-refractivity contribution in [2.45, 2.75) is 26.3 Å². The maximum absolute atomic E-state index is 11.0.